The standard InChI is InChI=1S/C34H36BrF4N3O6/c1-32(2,3)48-28(44)13-14-33(31(45)42-40-20-21-17-24(34(37,38)39)19-26(36)18-21)29(22-5-9-25(35)10-6-22)47-30(41-33)23-7-11-27(12-8-23)46-16-4-15-43/h5-12,17-19,29,40,43H,4,13-16,20H2,1-3H3,(H,42,45)/t29-,33-/m0/s1. The van der Waals surface area contributed by atoms with Gasteiger partial charge in [0.25, 0.3) is 5.91 Å². The number of nitrogens with zero attached hydrogens (tertiary/aromatic N) is 1. The van der Waals surface area contributed by atoms with E-state index in [1.54, 1.807) is 69.3 Å². The Balaban J connectivity index is 1.68. The smallest absolute Gasteiger partial charge is 0.416 e. The molecular weight excluding hydrogens is 702 g/mol. The average Bonchev–Trinajstić information content (AvgIpc) is 3.40. The Morgan fingerprint density at radius 2 is 1.73 bits per heavy atom. The number of aliphatic imine (C=N–C) groups is 1. The number of hydrogen-bond acceptors (Lipinski definition) is 8. The van der Waals surface area contributed by atoms with Crippen LogP contribution in [0.1, 0.15) is 68.4 Å². The minimum absolute atomic E-state index is 0.0146. The van der Waals surface area contributed by atoms with Gasteiger partial charge in [0.15, 0.2) is 11.6 Å². The molecule has 3 aromatic carbocycles. The van der Waals surface area contributed by atoms with Gasteiger partial charge in [0, 0.05) is 36.0 Å². The number of benzene rings is 3. The summed E-state index contributed by atoms with van der Waals surface area (Å²) in [6.45, 7) is 5.08. The second-order valence-electron chi connectivity index (χ2n) is 12.1. The van der Waals surface area contributed by atoms with Crippen LogP contribution in [0.25, 0.3) is 0 Å². The van der Waals surface area contributed by atoms with E-state index in [1.807, 2.05) is 0 Å². The highest BCUT2D eigenvalue weighted by molar-refractivity contribution is 9.10. The van der Waals surface area contributed by atoms with E-state index in [0.717, 1.165) is 16.6 Å². The summed E-state index contributed by atoms with van der Waals surface area (Å²) in [5.74, 6) is -1.76. The maximum atomic E-state index is 14.2. The van der Waals surface area contributed by atoms with Crippen LogP contribution in [0.4, 0.5) is 17.6 Å². The van der Waals surface area contributed by atoms with E-state index in [0.29, 0.717) is 36.0 Å². The molecule has 3 N–H and O–H groups in total. The number of amides is 1. The van der Waals surface area contributed by atoms with Crippen LogP contribution in [-0.4, -0.2) is 47.2 Å². The summed E-state index contributed by atoms with van der Waals surface area (Å²) in [7, 11) is 0. The third-order valence-corrected chi connectivity index (χ3v) is 7.64. The number of nitrogens with one attached hydrogen (secondary N) is 2. The summed E-state index contributed by atoms with van der Waals surface area (Å²) in [4.78, 5) is 31.8. The van der Waals surface area contributed by atoms with Crippen molar-refractivity contribution in [3.8, 4) is 5.75 Å². The van der Waals surface area contributed by atoms with Gasteiger partial charge in [-0.3, -0.25) is 15.0 Å². The van der Waals surface area contributed by atoms with Crippen molar-refractivity contribution in [3.63, 3.8) is 0 Å². The van der Waals surface area contributed by atoms with E-state index < -0.39 is 46.7 Å². The molecule has 9 nitrogen and oxygen atoms in total. The van der Waals surface area contributed by atoms with E-state index in [2.05, 4.69) is 26.8 Å². The summed E-state index contributed by atoms with van der Waals surface area (Å²) in [5.41, 5.74) is 2.36. The number of ether oxygens (including phenoxy) is 3. The lowest BCUT2D eigenvalue weighted by atomic mass is 9.83. The Hall–Kier alpha value is -4.01. The summed E-state index contributed by atoms with van der Waals surface area (Å²) in [5, 5.41) is 9.02. The monoisotopic (exact) mass is 737 g/mol. The zero-order chi connectivity index (χ0) is 35.1. The molecule has 258 valence electrons. The lowest BCUT2D eigenvalue weighted by Gasteiger charge is -2.31. The molecule has 0 bridgehead atoms. The van der Waals surface area contributed by atoms with Crippen LogP contribution in [0.2, 0.25) is 0 Å². The molecule has 1 amide bonds. The molecule has 1 aliphatic rings. The van der Waals surface area contributed by atoms with Crippen LogP contribution in [0, 0.1) is 5.82 Å². The Bertz CT molecular complexity index is 1610. The quantitative estimate of drug-likeness (QED) is 0.0787. The molecule has 2 atom stereocenters. The number of hydrogen-bond donors (Lipinski definition) is 3. The number of alkyl halides is 3. The van der Waals surface area contributed by atoms with Crippen LogP contribution in [0.15, 0.2) is 76.2 Å². The Labute approximate surface area is 283 Å². The van der Waals surface area contributed by atoms with E-state index in [4.69, 9.17) is 24.3 Å². The molecule has 14 heteroatoms. The molecule has 0 aromatic heterocycles. The van der Waals surface area contributed by atoms with Gasteiger partial charge in [-0.1, -0.05) is 28.1 Å². The molecule has 1 heterocycles. The lowest BCUT2D eigenvalue weighted by Crippen LogP contribution is -2.52. The van der Waals surface area contributed by atoms with Crippen molar-refractivity contribution in [2.24, 2.45) is 4.99 Å². The zero-order valence-electron chi connectivity index (χ0n) is 26.5. The molecule has 0 saturated heterocycles. The number of rotatable bonds is 13. The molecular formula is C34H36BrF4N3O6. The number of halogens is 5. The topological polar surface area (TPSA) is 118 Å². The molecule has 0 fully saturated rings. The highest BCUT2D eigenvalue weighted by Gasteiger charge is 2.53. The van der Waals surface area contributed by atoms with Crippen molar-refractivity contribution in [2.75, 3.05) is 13.2 Å². The van der Waals surface area contributed by atoms with Gasteiger partial charge in [0.1, 0.15) is 17.2 Å². The summed E-state index contributed by atoms with van der Waals surface area (Å²) < 4.78 is 72.0. The Morgan fingerprint density at radius 3 is 2.35 bits per heavy atom. The van der Waals surface area contributed by atoms with Gasteiger partial charge in [0.05, 0.1) is 12.2 Å². The first-order chi connectivity index (χ1) is 22.6. The third-order valence-electron chi connectivity index (χ3n) is 7.11. The first-order valence-electron chi connectivity index (χ1n) is 15.1. The van der Waals surface area contributed by atoms with Crippen LogP contribution >= 0.6 is 15.9 Å². The minimum atomic E-state index is -4.76. The van der Waals surface area contributed by atoms with Gasteiger partial charge in [0.2, 0.25) is 5.90 Å². The lowest BCUT2D eigenvalue weighted by molar-refractivity contribution is -0.155. The van der Waals surface area contributed by atoms with Crippen LogP contribution < -0.4 is 15.6 Å². The molecule has 0 saturated carbocycles. The highest BCUT2D eigenvalue weighted by atomic mass is 79.9. The predicted octanol–water partition coefficient (Wildman–Crippen LogP) is 6.57. The Kier molecular flexibility index (Phi) is 11.9. The van der Waals surface area contributed by atoms with Crippen LogP contribution in [-0.2, 0) is 31.8 Å². The first-order valence-corrected chi connectivity index (χ1v) is 15.9. The molecule has 0 aliphatic carbocycles. The van der Waals surface area contributed by atoms with Crippen molar-refractivity contribution in [1.29, 1.82) is 0 Å². The fraction of sp³-hybridized carbons (Fsp3) is 0.382. The molecule has 0 spiro atoms. The fourth-order valence-corrected chi connectivity index (χ4v) is 5.21. The third kappa shape index (κ3) is 9.77. The molecule has 3 aromatic rings. The van der Waals surface area contributed by atoms with Gasteiger partial charge in [-0.25, -0.2) is 14.8 Å². The summed E-state index contributed by atoms with van der Waals surface area (Å²) >= 11 is 3.40. The van der Waals surface area contributed by atoms with Gasteiger partial charge in [-0.15, -0.1) is 0 Å². The second-order valence-corrected chi connectivity index (χ2v) is 13.0. The predicted molar refractivity (Wildman–Crippen MR) is 172 cm³/mol. The number of aliphatic hydroxyl groups excluding tert-OH is 1. The number of carbonyl (C=O) groups excluding carboxylic acids is 2. The van der Waals surface area contributed by atoms with Gasteiger partial charge in [-0.05, 0) is 92.9 Å². The van der Waals surface area contributed by atoms with Crippen molar-refractivity contribution < 1.29 is 46.5 Å². The average molecular weight is 739 g/mol. The maximum Gasteiger partial charge on any atom is 0.416 e. The molecule has 0 unspecified atom stereocenters. The van der Waals surface area contributed by atoms with Crippen LogP contribution in [0.3, 0.4) is 0 Å². The SMILES string of the molecule is CC(C)(C)OC(=O)CC[C@]1(C(=O)NNCc2cc(F)cc(C(F)(F)F)c2)N=C(c2ccc(OCCCO)cc2)O[C@H]1c1ccc(Br)cc1. The molecule has 4 rings (SSSR count). The van der Waals surface area contributed by atoms with Crippen molar-refractivity contribution in [3.05, 3.63) is 99.3 Å². The van der Waals surface area contributed by atoms with Crippen molar-refractivity contribution in [1.82, 2.24) is 10.9 Å². The number of hydrazine groups is 1. The van der Waals surface area contributed by atoms with E-state index in [-0.39, 0.29) is 37.5 Å². The molecule has 0 radical (unpaired) electrons. The van der Waals surface area contributed by atoms with Crippen molar-refractivity contribution >= 4 is 33.7 Å². The molecule has 48 heavy (non-hydrogen) atoms. The fourth-order valence-electron chi connectivity index (χ4n) is 4.94. The number of aliphatic hydroxyl groups is 1. The van der Waals surface area contributed by atoms with E-state index in [9.17, 15) is 27.2 Å². The summed E-state index contributed by atoms with van der Waals surface area (Å²) in [6, 6.07) is 15.8. The normalized spacial score (nSPS) is 17.8. The number of esters is 1. The van der Waals surface area contributed by atoms with Gasteiger partial charge >= 0.3 is 12.1 Å². The van der Waals surface area contributed by atoms with E-state index in [1.165, 1.54) is 0 Å². The van der Waals surface area contributed by atoms with Gasteiger partial charge < -0.3 is 19.3 Å². The number of carbonyl (C=O) groups is 2. The van der Waals surface area contributed by atoms with Gasteiger partial charge in [-0.2, -0.15) is 13.2 Å². The highest BCUT2D eigenvalue weighted by Crippen LogP contribution is 2.43. The zero-order valence-corrected chi connectivity index (χ0v) is 28.1. The van der Waals surface area contributed by atoms with E-state index >= 15 is 0 Å². The van der Waals surface area contributed by atoms with Crippen molar-refractivity contribution in [2.45, 2.75) is 70.0 Å². The maximum absolute atomic E-state index is 14.2. The molecule has 1 aliphatic heterocycles. The minimum Gasteiger partial charge on any atom is -0.494 e. The second kappa shape index (κ2) is 15.5. The van der Waals surface area contributed by atoms with Crippen LogP contribution in [0.5, 0.6) is 5.75 Å². The first kappa shape index (κ1) is 36.8. The summed E-state index contributed by atoms with van der Waals surface area (Å²) in [6.07, 6.45) is -5.75. The Morgan fingerprint density at radius 1 is 1.04 bits per heavy atom. The largest absolute Gasteiger partial charge is 0.494 e.